The van der Waals surface area contributed by atoms with Crippen molar-refractivity contribution in [1.82, 2.24) is 4.98 Å². The van der Waals surface area contributed by atoms with E-state index in [9.17, 15) is 0 Å². The molecule has 0 saturated heterocycles. The number of pyridine rings is 1. The molecule has 1 aromatic heterocycles. The van der Waals surface area contributed by atoms with E-state index in [1.807, 2.05) is 30.3 Å². The van der Waals surface area contributed by atoms with Crippen LogP contribution in [0.2, 0.25) is 5.02 Å². The molecule has 3 nitrogen and oxygen atoms in total. The molecular weight excluding hydrogens is 248 g/mol. The van der Waals surface area contributed by atoms with Gasteiger partial charge in [0.25, 0.3) is 0 Å². The fourth-order valence-corrected chi connectivity index (χ4v) is 2.32. The Kier molecular flexibility index (Phi) is 2.49. The topological polar surface area (TPSA) is 48.1 Å². The molecule has 2 aromatic carbocycles. The van der Waals surface area contributed by atoms with Gasteiger partial charge in [0.05, 0.1) is 23.8 Å². The van der Waals surface area contributed by atoms with Crippen molar-refractivity contribution in [2.45, 2.75) is 0 Å². The molecule has 0 amide bonds. The van der Waals surface area contributed by atoms with Gasteiger partial charge in [-0.1, -0.05) is 29.8 Å². The molecule has 0 spiro atoms. The first-order valence-corrected chi connectivity index (χ1v) is 5.90. The highest BCUT2D eigenvalue weighted by Crippen LogP contribution is 2.38. The molecule has 0 aliphatic heterocycles. The van der Waals surface area contributed by atoms with Crippen LogP contribution in [-0.2, 0) is 0 Å². The quantitative estimate of drug-likeness (QED) is 0.536. The number of benzene rings is 2. The molecule has 0 aliphatic rings. The Bertz CT molecular complexity index is 755. The number of aromatic nitrogens is 1. The minimum absolute atomic E-state index is 0.432. The van der Waals surface area contributed by atoms with E-state index in [0.29, 0.717) is 16.5 Å². The molecular formula is C14H11ClN2O. The summed E-state index contributed by atoms with van der Waals surface area (Å²) in [6, 6.07) is 11.7. The lowest BCUT2D eigenvalue weighted by atomic mass is 10.1. The Morgan fingerprint density at radius 3 is 2.72 bits per heavy atom. The van der Waals surface area contributed by atoms with E-state index in [2.05, 4.69) is 4.98 Å². The summed E-state index contributed by atoms with van der Waals surface area (Å²) in [6.07, 6.45) is 0. The van der Waals surface area contributed by atoms with E-state index >= 15 is 0 Å². The maximum Gasteiger partial charge on any atom is 0.148 e. The largest absolute Gasteiger partial charge is 0.494 e. The van der Waals surface area contributed by atoms with Crippen LogP contribution >= 0.6 is 11.6 Å². The number of methoxy groups -OCH3 is 1. The maximum atomic E-state index is 6.15. The lowest BCUT2D eigenvalue weighted by Crippen LogP contribution is -1.94. The summed E-state index contributed by atoms with van der Waals surface area (Å²) < 4.78 is 5.34. The molecule has 0 unspecified atom stereocenters. The summed E-state index contributed by atoms with van der Waals surface area (Å²) in [5.74, 6) is 0.574. The van der Waals surface area contributed by atoms with Gasteiger partial charge in [0.2, 0.25) is 0 Å². The van der Waals surface area contributed by atoms with Gasteiger partial charge in [-0.05, 0) is 18.2 Å². The summed E-state index contributed by atoms with van der Waals surface area (Å²) in [6.45, 7) is 0. The molecule has 0 aliphatic carbocycles. The zero-order chi connectivity index (χ0) is 12.7. The summed E-state index contributed by atoms with van der Waals surface area (Å²) in [5.41, 5.74) is 8.04. The van der Waals surface area contributed by atoms with Gasteiger partial charge in [-0.2, -0.15) is 0 Å². The molecule has 3 aromatic rings. The maximum absolute atomic E-state index is 6.15. The Morgan fingerprint density at radius 2 is 1.94 bits per heavy atom. The van der Waals surface area contributed by atoms with Crippen molar-refractivity contribution in [3.8, 4) is 5.75 Å². The van der Waals surface area contributed by atoms with Gasteiger partial charge < -0.3 is 10.5 Å². The van der Waals surface area contributed by atoms with Crippen LogP contribution in [0, 0.1) is 0 Å². The molecule has 4 heteroatoms. The average molecular weight is 259 g/mol. The second-order valence-electron chi connectivity index (χ2n) is 4.06. The number of nitrogen functional groups attached to an aromatic ring is 1. The zero-order valence-electron chi connectivity index (χ0n) is 9.77. The van der Waals surface area contributed by atoms with Crippen molar-refractivity contribution in [3.05, 3.63) is 41.4 Å². The molecule has 18 heavy (non-hydrogen) atoms. The van der Waals surface area contributed by atoms with Crippen LogP contribution in [0.3, 0.4) is 0 Å². The highest BCUT2D eigenvalue weighted by Gasteiger charge is 2.12. The average Bonchev–Trinajstić information content (AvgIpc) is 2.38. The Morgan fingerprint density at radius 1 is 1.17 bits per heavy atom. The van der Waals surface area contributed by atoms with Crippen LogP contribution in [0.1, 0.15) is 0 Å². The SMILES string of the molecule is COc1c(Cl)c(N)cc2nc3ccccc3cc12. The van der Waals surface area contributed by atoms with Crippen LogP contribution in [0.15, 0.2) is 36.4 Å². The van der Waals surface area contributed by atoms with E-state index < -0.39 is 0 Å². The highest BCUT2D eigenvalue weighted by atomic mass is 35.5. The first kappa shape index (κ1) is 11.1. The number of anilines is 1. The monoisotopic (exact) mass is 258 g/mol. The number of nitrogens with zero attached hydrogens (tertiary/aromatic N) is 1. The fraction of sp³-hybridized carbons (Fsp3) is 0.0714. The molecule has 1 heterocycles. The molecule has 0 atom stereocenters. The number of hydrogen-bond donors (Lipinski definition) is 1. The van der Waals surface area contributed by atoms with Crippen LogP contribution in [0.25, 0.3) is 21.8 Å². The number of nitrogens with two attached hydrogens (primary N) is 1. The van der Waals surface area contributed by atoms with Crippen molar-refractivity contribution in [2.24, 2.45) is 0 Å². The van der Waals surface area contributed by atoms with E-state index in [4.69, 9.17) is 22.1 Å². The Hall–Kier alpha value is -2.00. The lowest BCUT2D eigenvalue weighted by Gasteiger charge is -2.10. The normalized spacial score (nSPS) is 11.0. The fourth-order valence-electron chi connectivity index (χ4n) is 2.08. The molecule has 0 bridgehead atoms. The number of hydrogen-bond acceptors (Lipinski definition) is 3. The summed E-state index contributed by atoms with van der Waals surface area (Å²) in [5, 5.41) is 2.35. The number of rotatable bonds is 1. The minimum Gasteiger partial charge on any atom is -0.494 e. The first-order chi connectivity index (χ1) is 8.70. The predicted molar refractivity (Wildman–Crippen MR) is 75.2 cm³/mol. The molecule has 3 rings (SSSR count). The third kappa shape index (κ3) is 1.56. The van der Waals surface area contributed by atoms with Crippen molar-refractivity contribution < 1.29 is 4.74 Å². The van der Waals surface area contributed by atoms with E-state index in [0.717, 1.165) is 21.8 Å². The molecule has 0 radical (unpaired) electrons. The van der Waals surface area contributed by atoms with Gasteiger partial charge in [0.15, 0.2) is 0 Å². The smallest absolute Gasteiger partial charge is 0.148 e. The van der Waals surface area contributed by atoms with E-state index in [1.54, 1.807) is 13.2 Å². The minimum atomic E-state index is 0.432. The van der Waals surface area contributed by atoms with Crippen molar-refractivity contribution in [3.63, 3.8) is 0 Å². The third-order valence-corrected chi connectivity index (χ3v) is 3.34. The molecule has 0 saturated carbocycles. The first-order valence-electron chi connectivity index (χ1n) is 5.52. The highest BCUT2D eigenvalue weighted by molar-refractivity contribution is 6.36. The van der Waals surface area contributed by atoms with Crippen LogP contribution in [-0.4, -0.2) is 12.1 Å². The summed E-state index contributed by atoms with van der Waals surface area (Å²) >= 11 is 6.15. The van der Waals surface area contributed by atoms with Crippen LogP contribution in [0.5, 0.6) is 5.75 Å². The summed E-state index contributed by atoms with van der Waals surface area (Å²) in [7, 11) is 1.58. The van der Waals surface area contributed by atoms with Crippen LogP contribution in [0.4, 0.5) is 5.69 Å². The van der Waals surface area contributed by atoms with Gasteiger partial charge >= 0.3 is 0 Å². The van der Waals surface area contributed by atoms with Gasteiger partial charge in [0.1, 0.15) is 10.8 Å². The van der Waals surface area contributed by atoms with Crippen molar-refractivity contribution >= 4 is 39.1 Å². The molecule has 90 valence electrons. The predicted octanol–water partition coefficient (Wildman–Crippen LogP) is 3.63. The lowest BCUT2D eigenvalue weighted by molar-refractivity contribution is 0.420. The zero-order valence-corrected chi connectivity index (χ0v) is 10.5. The second kappa shape index (κ2) is 4.03. The molecule has 0 fully saturated rings. The number of para-hydroxylation sites is 1. The van der Waals surface area contributed by atoms with E-state index in [-0.39, 0.29) is 0 Å². The van der Waals surface area contributed by atoms with Gasteiger partial charge in [-0.25, -0.2) is 4.98 Å². The number of halogens is 1. The van der Waals surface area contributed by atoms with E-state index in [1.165, 1.54) is 0 Å². The Balaban J connectivity index is 2.50. The standard InChI is InChI=1S/C14H11ClN2O/c1-18-14-9-6-8-4-2-3-5-11(8)17-12(9)7-10(16)13(14)15/h2-7H,16H2,1H3. The third-order valence-electron chi connectivity index (χ3n) is 2.95. The molecule has 2 N–H and O–H groups in total. The van der Waals surface area contributed by atoms with Gasteiger partial charge in [-0.15, -0.1) is 0 Å². The summed E-state index contributed by atoms with van der Waals surface area (Å²) in [4.78, 5) is 4.57. The second-order valence-corrected chi connectivity index (χ2v) is 4.44. The van der Waals surface area contributed by atoms with Crippen molar-refractivity contribution in [1.29, 1.82) is 0 Å². The number of fused-ring (bicyclic) bond motifs is 2. The Labute approximate surface area is 109 Å². The van der Waals surface area contributed by atoms with Crippen molar-refractivity contribution in [2.75, 3.05) is 12.8 Å². The van der Waals surface area contributed by atoms with Gasteiger partial charge in [0, 0.05) is 10.8 Å². The van der Waals surface area contributed by atoms with Crippen LogP contribution < -0.4 is 10.5 Å². The number of ether oxygens (including phenoxy) is 1. The van der Waals surface area contributed by atoms with Gasteiger partial charge in [-0.3, -0.25) is 0 Å².